The molecule has 0 fully saturated rings. The van der Waals surface area contributed by atoms with Crippen molar-refractivity contribution in [2.45, 2.75) is 25.4 Å². The predicted octanol–water partition coefficient (Wildman–Crippen LogP) is 5.99. The summed E-state index contributed by atoms with van der Waals surface area (Å²) in [5.41, 5.74) is 6.31. The average Bonchev–Trinajstić information content (AvgIpc) is 2.66. The summed E-state index contributed by atoms with van der Waals surface area (Å²) in [7, 11) is 0. The van der Waals surface area contributed by atoms with Crippen molar-refractivity contribution in [1.82, 2.24) is 0 Å². The van der Waals surface area contributed by atoms with Gasteiger partial charge < -0.3 is 5.32 Å². The molecule has 1 amide bonds. The second-order valence-corrected chi connectivity index (χ2v) is 7.38. The smallest absolute Gasteiger partial charge is 0.255 e. The maximum absolute atomic E-state index is 12.5. The van der Waals surface area contributed by atoms with Crippen LogP contribution in [0.4, 0.5) is 5.69 Å². The van der Waals surface area contributed by atoms with Gasteiger partial charge in [0.15, 0.2) is 0 Å². The van der Waals surface area contributed by atoms with Crippen LogP contribution >= 0.6 is 11.8 Å². The molecule has 3 aromatic rings. The number of carbonyl (C=O) groups is 1. The van der Waals surface area contributed by atoms with E-state index in [1.807, 2.05) is 74.1 Å². The Hall–Kier alpha value is -2.52. The molecule has 0 heterocycles. The largest absolute Gasteiger partial charge is 0.322 e. The van der Waals surface area contributed by atoms with Crippen LogP contribution in [0.15, 0.2) is 72.8 Å². The molecular weight excluding hydrogens is 338 g/mol. The lowest BCUT2D eigenvalue weighted by Gasteiger charge is -2.11. The third kappa shape index (κ3) is 4.77. The molecule has 3 heteroatoms. The third-order valence-corrected chi connectivity index (χ3v) is 5.39. The molecule has 0 bridgehead atoms. The zero-order chi connectivity index (χ0) is 18.4. The van der Waals surface area contributed by atoms with Crippen LogP contribution in [0.25, 0.3) is 0 Å². The van der Waals surface area contributed by atoms with Crippen molar-refractivity contribution in [2.24, 2.45) is 0 Å². The summed E-state index contributed by atoms with van der Waals surface area (Å²) in [6.45, 7) is 4.02. The van der Waals surface area contributed by atoms with Gasteiger partial charge in [0.05, 0.1) is 0 Å². The summed E-state index contributed by atoms with van der Waals surface area (Å²) in [6, 6.07) is 24.4. The maximum atomic E-state index is 12.5. The summed E-state index contributed by atoms with van der Waals surface area (Å²) in [4.78, 5) is 12.5. The van der Waals surface area contributed by atoms with Gasteiger partial charge in [-0.1, -0.05) is 60.7 Å². The van der Waals surface area contributed by atoms with Crippen molar-refractivity contribution in [3.63, 3.8) is 0 Å². The highest BCUT2D eigenvalue weighted by molar-refractivity contribution is 7.97. The number of thioether (sulfide) groups is 1. The van der Waals surface area contributed by atoms with Gasteiger partial charge in [0.2, 0.25) is 0 Å². The van der Waals surface area contributed by atoms with Gasteiger partial charge >= 0.3 is 0 Å². The molecule has 26 heavy (non-hydrogen) atoms. The molecule has 0 aliphatic carbocycles. The molecule has 0 spiro atoms. The number of amides is 1. The van der Waals surface area contributed by atoms with Gasteiger partial charge in [-0.3, -0.25) is 4.79 Å². The second kappa shape index (κ2) is 8.72. The lowest BCUT2D eigenvalue weighted by molar-refractivity contribution is 0.102. The molecule has 0 saturated heterocycles. The Labute approximate surface area is 159 Å². The molecule has 3 rings (SSSR count). The molecule has 0 atom stereocenters. The fourth-order valence-corrected chi connectivity index (χ4v) is 3.77. The van der Waals surface area contributed by atoms with Crippen molar-refractivity contribution in [3.8, 4) is 0 Å². The number of hydrogen-bond donors (Lipinski definition) is 1. The Morgan fingerprint density at radius 1 is 0.769 bits per heavy atom. The van der Waals surface area contributed by atoms with E-state index in [0.29, 0.717) is 5.56 Å². The first-order valence-electron chi connectivity index (χ1n) is 8.71. The van der Waals surface area contributed by atoms with E-state index in [0.717, 1.165) is 28.3 Å². The predicted molar refractivity (Wildman–Crippen MR) is 112 cm³/mol. The highest BCUT2D eigenvalue weighted by Crippen LogP contribution is 2.21. The summed E-state index contributed by atoms with van der Waals surface area (Å²) in [5, 5.41) is 3.03. The number of rotatable bonds is 6. The van der Waals surface area contributed by atoms with Crippen LogP contribution < -0.4 is 5.32 Å². The number of para-hydroxylation sites is 1. The molecule has 3 aromatic carbocycles. The van der Waals surface area contributed by atoms with Gasteiger partial charge in [-0.05, 0) is 48.2 Å². The van der Waals surface area contributed by atoms with E-state index in [4.69, 9.17) is 0 Å². The maximum Gasteiger partial charge on any atom is 0.255 e. The normalized spacial score (nSPS) is 10.5. The summed E-state index contributed by atoms with van der Waals surface area (Å²) < 4.78 is 0. The number of anilines is 1. The molecule has 0 aliphatic rings. The van der Waals surface area contributed by atoms with Gasteiger partial charge in [-0.15, -0.1) is 0 Å². The van der Waals surface area contributed by atoms with Crippen LogP contribution in [0.3, 0.4) is 0 Å². The van der Waals surface area contributed by atoms with Gasteiger partial charge in [-0.25, -0.2) is 0 Å². The quantitative estimate of drug-likeness (QED) is 0.584. The first kappa shape index (κ1) is 18.3. The van der Waals surface area contributed by atoms with Gasteiger partial charge in [-0.2, -0.15) is 11.8 Å². The topological polar surface area (TPSA) is 29.1 Å². The number of hydrogen-bond acceptors (Lipinski definition) is 2. The number of carbonyl (C=O) groups excluding carboxylic acids is 1. The Bertz CT molecular complexity index is 852. The summed E-state index contributed by atoms with van der Waals surface area (Å²) in [5.74, 6) is 1.87. The van der Waals surface area contributed by atoms with E-state index in [2.05, 4.69) is 29.6 Å². The average molecular weight is 362 g/mol. The fraction of sp³-hybridized carbons (Fsp3) is 0.174. The van der Waals surface area contributed by atoms with Crippen molar-refractivity contribution in [3.05, 3.63) is 101 Å². The van der Waals surface area contributed by atoms with Crippen LogP contribution in [0.1, 0.15) is 32.6 Å². The molecule has 2 nitrogen and oxygen atoms in total. The molecule has 0 aromatic heterocycles. The Kier molecular flexibility index (Phi) is 6.13. The highest BCUT2D eigenvalue weighted by atomic mass is 32.2. The molecular formula is C23H23NOS. The van der Waals surface area contributed by atoms with Crippen molar-refractivity contribution < 1.29 is 4.79 Å². The lowest BCUT2D eigenvalue weighted by Crippen LogP contribution is -2.13. The zero-order valence-corrected chi connectivity index (χ0v) is 16.0. The highest BCUT2D eigenvalue weighted by Gasteiger charge is 2.09. The monoisotopic (exact) mass is 361 g/mol. The van der Waals surface area contributed by atoms with Crippen LogP contribution in [0.5, 0.6) is 0 Å². The van der Waals surface area contributed by atoms with E-state index in [1.165, 1.54) is 11.1 Å². The van der Waals surface area contributed by atoms with Crippen LogP contribution in [-0.4, -0.2) is 5.91 Å². The van der Waals surface area contributed by atoms with Crippen molar-refractivity contribution in [1.29, 1.82) is 0 Å². The fourth-order valence-electron chi connectivity index (χ4n) is 2.81. The van der Waals surface area contributed by atoms with E-state index in [9.17, 15) is 4.79 Å². The Morgan fingerprint density at radius 3 is 1.96 bits per heavy atom. The molecule has 0 unspecified atom stereocenters. The van der Waals surface area contributed by atoms with Gasteiger partial charge in [0.1, 0.15) is 0 Å². The Morgan fingerprint density at radius 2 is 1.35 bits per heavy atom. The molecule has 0 aliphatic heterocycles. The van der Waals surface area contributed by atoms with Crippen LogP contribution in [0, 0.1) is 13.8 Å². The first-order chi connectivity index (χ1) is 12.6. The second-order valence-electron chi connectivity index (χ2n) is 6.40. The molecule has 0 radical (unpaired) electrons. The lowest BCUT2D eigenvalue weighted by atomic mass is 10.1. The minimum absolute atomic E-state index is 0.0640. The number of benzene rings is 3. The molecule has 0 saturated carbocycles. The Balaban J connectivity index is 1.57. The summed E-state index contributed by atoms with van der Waals surface area (Å²) in [6.07, 6.45) is 0. The van der Waals surface area contributed by atoms with E-state index >= 15 is 0 Å². The molecule has 1 N–H and O–H groups in total. The van der Waals surface area contributed by atoms with E-state index < -0.39 is 0 Å². The first-order valence-corrected chi connectivity index (χ1v) is 9.87. The van der Waals surface area contributed by atoms with Crippen molar-refractivity contribution >= 4 is 23.4 Å². The van der Waals surface area contributed by atoms with Gasteiger partial charge in [0, 0.05) is 22.8 Å². The standard InChI is InChI=1S/C23H23NOS/c1-17-7-6-8-18(2)22(17)24-23(25)21-13-11-20(12-14-21)16-26-15-19-9-4-3-5-10-19/h3-14H,15-16H2,1-2H3,(H,24,25). The minimum Gasteiger partial charge on any atom is -0.322 e. The van der Waals surface area contributed by atoms with E-state index in [-0.39, 0.29) is 5.91 Å². The number of aryl methyl sites for hydroxylation is 2. The van der Waals surface area contributed by atoms with E-state index in [1.54, 1.807) is 0 Å². The zero-order valence-electron chi connectivity index (χ0n) is 15.2. The van der Waals surface area contributed by atoms with Crippen molar-refractivity contribution in [2.75, 3.05) is 5.32 Å². The number of nitrogens with one attached hydrogen (secondary N) is 1. The minimum atomic E-state index is -0.0640. The SMILES string of the molecule is Cc1cccc(C)c1NC(=O)c1ccc(CSCc2ccccc2)cc1. The van der Waals surface area contributed by atoms with Gasteiger partial charge in [0.25, 0.3) is 5.91 Å². The summed E-state index contributed by atoms with van der Waals surface area (Å²) >= 11 is 1.88. The molecule has 132 valence electrons. The van der Waals surface area contributed by atoms with Crippen LogP contribution in [-0.2, 0) is 11.5 Å². The van der Waals surface area contributed by atoms with Crippen LogP contribution in [0.2, 0.25) is 0 Å². The third-order valence-electron chi connectivity index (χ3n) is 4.32.